The topological polar surface area (TPSA) is 88.7 Å². The third-order valence-electron chi connectivity index (χ3n) is 2.72. The van der Waals surface area contributed by atoms with Gasteiger partial charge in [-0.3, -0.25) is 4.68 Å². The van der Waals surface area contributed by atoms with E-state index in [1.807, 2.05) is 24.6 Å². The quantitative estimate of drug-likeness (QED) is 0.896. The fourth-order valence-corrected chi connectivity index (χ4v) is 1.67. The third-order valence-corrected chi connectivity index (χ3v) is 2.72. The first-order valence-corrected chi connectivity index (χ1v) is 5.80. The maximum atomic E-state index is 8.87. The van der Waals surface area contributed by atoms with E-state index >= 15 is 0 Å². The second-order valence-corrected chi connectivity index (χ2v) is 3.81. The van der Waals surface area contributed by atoms with Crippen LogP contribution in [-0.2, 0) is 6.54 Å². The van der Waals surface area contributed by atoms with Crippen LogP contribution >= 0.6 is 0 Å². The number of rotatable bonds is 4. The van der Waals surface area contributed by atoms with Crippen molar-refractivity contribution < 1.29 is 4.74 Å². The molecular weight excluding hydrogens is 244 g/mol. The predicted octanol–water partition coefficient (Wildman–Crippen LogP) is 1.63. The van der Waals surface area contributed by atoms with E-state index in [0.29, 0.717) is 11.5 Å². The fraction of sp³-hybridized carbons (Fsp3) is 0.333. The number of methoxy groups -OCH3 is 1. The molecule has 2 rings (SSSR count). The summed E-state index contributed by atoms with van der Waals surface area (Å²) in [4.78, 5) is 8.20. The van der Waals surface area contributed by atoms with Crippen LogP contribution in [0.4, 0.5) is 11.6 Å². The molecule has 0 aliphatic rings. The molecule has 0 spiro atoms. The van der Waals surface area contributed by atoms with Crippen molar-refractivity contribution in [3.63, 3.8) is 0 Å². The molecule has 0 unspecified atom stereocenters. The van der Waals surface area contributed by atoms with Crippen LogP contribution in [0.1, 0.15) is 18.2 Å². The molecule has 0 aromatic carbocycles. The number of anilines is 2. The number of nitrogens with zero attached hydrogens (tertiary/aromatic N) is 5. The molecule has 7 nitrogen and oxygen atoms in total. The lowest BCUT2D eigenvalue weighted by molar-refractivity contribution is 0.396. The smallest absolute Gasteiger partial charge is 0.236 e. The maximum absolute atomic E-state index is 8.87. The van der Waals surface area contributed by atoms with Gasteiger partial charge in [0.05, 0.1) is 30.9 Å². The number of hydrogen-bond donors (Lipinski definition) is 1. The van der Waals surface area contributed by atoms with Crippen LogP contribution in [0.2, 0.25) is 0 Å². The van der Waals surface area contributed by atoms with Gasteiger partial charge in [-0.2, -0.15) is 15.3 Å². The van der Waals surface area contributed by atoms with Crippen molar-refractivity contribution in [3.05, 3.63) is 23.7 Å². The van der Waals surface area contributed by atoms with E-state index < -0.39 is 0 Å². The molecule has 0 atom stereocenters. The minimum absolute atomic E-state index is 0.250. The average Bonchev–Trinajstić information content (AvgIpc) is 2.79. The van der Waals surface area contributed by atoms with Crippen molar-refractivity contribution in [2.75, 3.05) is 12.4 Å². The second kappa shape index (κ2) is 5.35. The van der Waals surface area contributed by atoms with Crippen LogP contribution in [0.3, 0.4) is 0 Å². The lowest BCUT2D eigenvalue weighted by atomic mass is 10.3. The Morgan fingerprint density at radius 1 is 1.47 bits per heavy atom. The Labute approximate surface area is 110 Å². The van der Waals surface area contributed by atoms with Gasteiger partial charge >= 0.3 is 0 Å². The zero-order chi connectivity index (χ0) is 13.8. The minimum atomic E-state index is 0.250. The number of nitrogens with one attached hydrogen (secondary N) is 1. The first-order valence-electron chi connectivity index (χ1n) is 5.80. The van der Waals surface area contributed by atoms with Crippen molar-refractivity contribution >= 4 is 11.6 Å². The summed E-state index contributed by atoms with van der Waals surface area (Å²) >= 11 is 0. The number of hydrogen-bond acceptors (Lipinski definition) is 6. The highest BCUT2D eigenvalue weighted by molar-refractivity contribution is 5.56. The van der Waals surface area contributed by atoms with E-state index in [1.165, 1.54) is 13.3 Å². The number of aromatic nitrogens is 4. The zero-order valence-corrected chi connectivity index (χ0v) is 11.0. The van der Waals surface area contributed by atoms with Gasteiger partial charge in [0.25, 0.3) is 0 Å². The predicted molar refractivity (Wildman–Crippen MR) is 69.2 cm³/mol. The molecule has 98 valence electrons. The van der Waals surface area contributed by atoms with Crippen molar-refractivity contribution in [3.8, 4) is 11.9 Å². The van der Waals surface area contributed by atoms with Gasteiger partial charge in [0.1, 0.15) is 11.6 Å². The van der Waals surface area contributed by atoms with Crippen LogP contribution in [-0.4, -0.2) is 26.9 Å². The van der Waals surface area contributed by atoms with E-state index in [9.17, 15) is 0 Å². The summed E-state index contributed by atoms with van der Waals surface area (Å²) in [7, 11) is 1.47. The summed E-state index contributed by atoms with van der Waals surface area (Å²) in [5.41, 5.74) is 2.12. The molecule has 0 radical (unpaired) electrons. The number of nitriles is 1. The summed E-state index contributed by atoms with van der Waals surface area (Å²) in [5.74, 6) is 0.620. The Bertz CT molecular complexity index is 628. The van der Waals surface area contributed by atoms with Crippen LogP contribution in [0, 0.1) is 18.3 Å². The molecule has 0 aliphatic carbocycles. The summed E-state index contributed by atoms with van der Waals surface area (Å²) < 4.78 is 6.90. The SMILES string of the molecule is CCn1ncc(Nc2ncc(C#N)c(OC)n2)c1C. The van der Waals surface area contributed by atoms with Crippen LogP contribution < -0.4 is 10.1 Å². The molecule has 2 aromatic heterocycles. The molecule has 2 aromatic rings. The van der Waals surface area contributed by atoms with Crippen molar-refractivity contribution in [1.29, 1.82) is 5.26 Å². The van der Waals surface area contributed by atoms with Gasteiger partial charge in [0, 0.05) is 6.54 Å². The summed E-state index contributed by atoms with van der Waals surface area (Å²) in [6.07, 6.45) is 3.14. The van der Waals surface area contributed by atoms with Crippen LogP contribution in [0.25, 0.3) is 0 Å². The number of ether oxygens (including phenoxy) is 1. The summed E-state index contributed by atoms with van der Waals surface area (Å²) in [5, 5.41) is 16.1. The molecule has 0 fully saturated rings. The van der Waals surface area contributed by atoms with Gasteiger partial charge in [-0.15, -0.1) is 0 Å². The monoisotopic (exact) mass is 258 g/mol. The van der Waals surface area contributed by atoms with Crippen LogP contribution in [0.15, 0.2) is 12.4 Å². The maximum Gasteiger partial charge on any atom is 0.236 e. The van der Waals surface area contributed by atoms with Gasteiger partial charge in [0.2, 0.25) is 11.8 Å². The van der Waals surface area contributed by atoms with E-state index in [0.717, 1.165) is 17.9 Å². The van der Waals surface area contributed by atoms with Crippen molar-refractivity contribution in [2.24, 2.45) is 0 Å². The lowest BCUT2D eigenvalue weighted by Crippen LogP contribution is -2.02. The lowest BCUT2D eigenvalue weighted by Gasteiger charge is -2.06. The summed E-state index contributed by atoms with van der Waals surface area (Å²) in [6.45, 7) is 4.77. The highest BCUT2D eigenvalue weighted by Gasteiger charge is 2.10. The van der Waals surface area contributed by atoms with Crippen molar-refractivity contribution in [2.45, 2.75) is 20.4 Å². The van der Waals surface area contributed by atoms with Crippen LogP contribution in [0.5, 0.6) is 5.88 Å². The molecule has 0 bridgehead atoms. The molecular formula is C12H14N6O. The van der Waals surface area contributed by atoms with E-state index in [4.69, 9.17) is 10.00 Å². The summed E-state index contributed by atoms with van der Waals surface area (Å²) in [6, 6.07) is 1.97. The van der Waals surface area contributed by atoms with Crippen molar-refractivity contribution in [1.82, 2.24) is 19.7 Å². The molecule has 0 saturated heterocycles. The van der Waals surface area contributed by atoms with E-state index in [2.05, 4.69) is 20.4 Å². The normalized spacial score (nSPS) is 10.0. The molecule has 7 heteroatoms. The van der Waals surface area contributed by atoms with E-state index in [1.54, 1.807) is 6.20 Å². The number of aryl methyl sites for hydroxylation is 1. The first kappa shape index (κ1) is 12.8. The first-order chi connectivity index (χ1) is 9.19. The van der Waals surface area contributed by atoms with Gasteiger partial charge in [-0.25, -0.2) is 4.98 Å². The standard InChI is InChI=1S/C12H14N6O/c1-4-18-8(2)10(7-15-18)16-12-14-6-9(5-13)11(17-12)19-3/h6-7H,4H2,1-3H3,(H,14,16,17). The highest BCUT2D eigenvalue weighted by Crippen LogP contribution is 2.20. The third kappa shape index (κ3) is 2.47. The average molecular weight is 258 g/mol. The Balaban J connectivity index is 2.28. The van der Waals surface area contributed by atoms with Gasteiger partial charge in [0.15, 0.2) is 0 Å². The molecule has 19 heavy (non-hydrogen) atoms. The van der Waals surface area contributed by atoms with Gasteiger partial charge in [-0.05, 0) is 13.8 Å². The Hall–Kier alpha value is -2.62. The largest absolute Gasteiger partial charge is 0.480 e. The second-order valence-electron chi connectivity index (χ2n) is 3.81. The Morgan fingerprint density at radius 2 is 2.26 bits per heavy atom. The van der Waals surface area contributed by atoms with E-state index in [-0.39, 0.29) is 5.88 Å². The molecule has 0 saturated carbocycles. The van der Waals surface area contributed by atoms with Gasteiger partial charge in [-0.1, -0.05) is 0 Å². The molecule has 1 N–H and O–H groups in total. The van der Waals surface area contributed by atoms with Gasteiger partial charge < -0.3 is 10.1 Å². The molecule has 2 heterocycles. The molecule has 0 aliphatic heterocycles. The Morgan fingerprint density at radius 3 is 2.84 bits per heavy atom. The molecule has 0 amide bonds. The minimum Gasteiger partial charge on any atom is -0.480 e. The zero-order valence-electron chi connectivity index (χ0n) is 11.0. The Kier molecular flexibility index (Phi) is 3.61. The highest BCUT2D eigenvalue weighted by atomic mass is 16.5. The fourth-order valence-electron chi connectivity index (χ4n) is 1.67.